The van der Waals surface area contributed by atoms with Gasteiger partial charge in [0, 0.05) is 0 Å². The van der Waals surface area contributed by atoms with Crippen molar-refractivity contribution in [1.29, 1.82) is 0 Å². The lowest BCUT2D eigenvalue weighted by molar-refractivity contribution is -0.181. The minimum atomic E-state index is -1.83. The maximum absolute atomic E-state index is 11.3. The van der Waals surface area contributed by atoms with E-state index in [2.05, 4.69) is 4.74 Å². The first-order chi connectivity index (χ1) is 6.52. The van der Waals surface area contributed by atoms with E-state index in [4.69, 9.17) is 5.11 Å². The molecule has 2 atom stereocenters. The summed E-state index contributed by atoms with van der Waals surface area (Å²) in [6.45, 7) is 0. The largest absolute Gasteiger partial charge is 0.481 e. The first-order valence-electron chi connectivity index (χ1n) is 4.56. The Labute approximate surface area is 81.7 Å². The fourth-order valence-electron chi connectivity index (χ4n) is 1.90. The average Bonchev–Trinajstić information content (AvgIpc) is 2.16. The SMILES string of the molecule is COC(=O)[C@@]1(O)CCCC[C@H]1C(=O)O. The van der Waals surface area contributed by atoms with Crippen LogP contribution in [-0.2, 0) is 14.3 Å². The molecule has 0 spiro atoms. The van der Waals surface area contributed by atoms with Gasteiger partial charge in [-0.2, -0.15) is 0 Å². The Balaban J connectivity index is 2.90. The van der Waals surface area contributed by atoms with Crippen molar-refractivity contribution in [3.05, 3.63) is 0 Å². The molecule has 0 aromatic carbocycles. The van der Waals surface area contributed by atoms with Crippen LogP contribution in [0.1, 0.15) is 25.7 Å². The molecule has 80 valence electrons. The van der Waals surface area contributed by atoms with Crippen molar-refractivity contribution in [3.8, 4) is 0 Å². The summed E-state index contributed by atoms with van der Waals surface area (Å²) >= 11 is 0. The summed E-state index contributed by atoms with van der Waals surface area (Å²) in [5, 5.41) is 18.8. The normalized spacial score (nSPS) is 32.3. The number of carbonyl (C=O) groups excluding carboxylic acids is 1. The maximum atomic E-state index is 11.3. The van der Waals surface area contributed by atoms with Crippen molar-refractivity contribution in [2.75, 3.05) is 7.11 Å². The van der Waals surface area contributed by atoms with Crippen LogP contribution in [0.25, 0.3) is 0 Å². The van der Waals surface area contributed by atoms with E-state index in [1.54, 1.807) is 0 Å². The van der Waals surface area contributed by atoms with Gasteiger partial charge in [0.2, 0.25) is 0 Å². The van der Waals surface area contributed by atoms with Gasteiger partial charge >= 0.3 is 11.9 Å². The molecule has 0 bridgehead atoms. The van der Waals surface area contributed by atoms with Crippen molar-refractivity contribution < 1.29 is 24.5 Å². The second kappa shape index (κ2) is 3.96. The third-order valence-corrected chi connectivity index (χ3v) is 2.71. The van der Waals surface area contributed by atoms with Crippen LogP contribution in [0.2, 0.25) is 0 Å². The number of esters is 1. The lowest BCUT2D eigenvalue weighted by Crippen LogP contribution is -2.51. The van der Waals surface area contributed by atoms with E-state index < -0.39 is 23.5 Å². The summed E-state index contributed by atoms with van der Waals surface area (Å²) in [6.07, 6.45) is 1.85. The summed E-state index contributed by atoms with van der Waals surface area (Å²) in [5.74, 6) is -3.02. The van der Waals surface area contributed by atoms with Crippen LogP contribution >= 0.6 is 0 Å². The average molecular weight is 202 g/mol. The number of ether oxygens (including phenoxy) is 1. The number of aliphatic carboxylic acids is 1. The van der Waals surface area contributed by atoms with Crippen molar-refractivity contribution in [2.45, 2.75) is 31.3 Å². The Morgan fingerprint density at radius 3 is 2.57 bits per heavy atom. The van der Waals surface area contributed by atoms with Gasteiger partial charge in [-0.05, 0) is 19.3 Å². The van der Waals surface area contributed by atoms with Gasteiger partial charge < -0.3 is 14.9 Å². The summed E-state index contributed by atoms with van der Waals surface area (Å²) < 4.78 is 4.42. The van der Waals surface area contributed by atoms with E-state index in [9.17, 15) is 14.7 Å². The van der Waals surface area contributed by atoms with E-state index in [-0.39, 0.29) is 6.42 Å². The second-order valence-electron chi connectivity index (χ2n) is 3.55. The van der Waals surface area contributed by atoms with Gasteiger partial charge in [0.25, 0.3) is 0 Å². The Morgan fingerprint density at radius 2 is 2.07 bits per heavy atom. The third-order valence-electron chi connectivity index (χ3n) is 2.71. The highest BCUT2D eigenvalue weighted by molar-refractivity contribution is 5.86. The van der Waals surface area contributed by atoms with Crippen molar-refractivity contribution >= 4 is 11.9 Å². The Hall–Kier alpha value is -1.10. The lowest BCUT2D eigenvalue weighted by atomic mass is 9.75. The predicted molar refractivity (Wildman–Crippen MR) is 46.6 cm³/mol. The maximum Gasteiger partial charge on any atom is 0.338 e. The van der Waals surface area contributed by atoms with Crippen LogP contribution in [0.4, 0.5) is 0 Å². The monoisotopic (exact) mass is 202 g/mol. The van der Waals surface area contributed by atoms with Gasteiger partial charge in [-0.1, -0.05) is 6.42 Å². The predicted octanol–water partition coefficient (Wildman–Crippen LogP) is 0.165. The minimum absolute atomic E-state index is 0.163. The lowest BCUT2D eigenvalue weighted by Gasteiger charge is -2.34. The zero-order chi connectivity index (χ0) is 10.8. The van der Waals surface area contributed by atoms with Gasteiger partial charge in [0.1, 0.15) is 0 Å². The Bertz CT molecular complexity index is 250. The number of carbonyl (C=O) groups is 2. The van der Waals surface area contributed by atoms with Gasteiger partial charge in [-0.25, -0.2) is 4.79 Å². The standard InChI is InChI=1S/C9H14O5/c1-14-8(12)9(13)5-3-2-4-6(9)7(10)11/h6,13H,2-5H2,1H3,(H,10,11)/t6-,9+/m0/s1. The van der Waals surface area contributed by atoms with Gasteiger partial charge in [0.15, 0.2) is 5.60 Å². The molecular weight excluding hydrogens is 188 g/mol. The molecule has 0 aromatic heterocycles. The molecule has 0 radical (unpaired) electrons. The van der Waals surface area contributed by atoms with Crippen LogP contribution < -0.4 is 0 Å². The quantitative estimate of drug-likeness (QED) is 0.623. The number of carboxylic acids is 1. The van der Waals surface area contributed by atoms with Gasteiger partial charge in [-0.3, -0.25) is 4.79 Å². The zero-order valence-electron chi connectivity index (χ0n) is 8.02. The van der Waals surface area contributed by atoms with Gasteiger partial charge in [-0.15, -0.1) is 0 Å². The highest BCUT2D eigenvalue weighted by Gasteiger charge is 2.50. The fraction of sp³-hybridized carbons (Fsp3) is 0.778. The molecule has 2 N–H and O–H groups in total. The molecule has 1 aliphatic carbocycles. The van der Waals surface area contributed by atoms with Crippen LogP contribution in [0.5, 0.6) is 0 Å². The molecule has 0 aromatic rings. The molecule has 0 amide bonds. The highest BCUT2D eigenvalue weighted by Crippen LogP contribution is 2.34. The molecular formula is C9H14O5. The van der Waals surface area contributed by atoms with E-state index in [1.165, 1.54) is 0 Å². The summed E-state index contributed by atoms with van der Waals surface area (Å²) in [5.41, 5.74) is -1.83. The summed E-state index contributed by atoms with van der Waals surface area (Å²) in [7, 11) is 1.15. The number of aliphatic hydroxyl groups is 1. The molecule has 1 rings (SSSR count). The molecule has 0 aliphatic heterocycles. The number of rotatable bonds is 2. The molecule has 14 heavy (non-hydrogen) atoms. The van der Waals surface area contributed by atoms with Crippen molar-refractivity contribution in [3.63, 3.8) is 0 Å². The molecule has 0 heterocycles. The fourth-order valence-corrected chi connectivity index (χ4v) is 1.90. The Morgan fingerprint density at radius 1 is 1.43 bits per heavy atom. The molecule has 5 nitrogen and oxygen atoms in total. The minimum Gasteiger partial charge on any atom is -0.481 e. The van der Waals surface area contributed by atoms with Crippen LogP contribution in [0.3, 0.4) is 0 Å². The van der Waals surface area contributed by atoms with Gasteiger partial charge in [0.05, 0.1) is 13.0 Å². The smallest absolute Gasteiger partial charge is 0.338 e. The highest BCUT2D eigenvalue weighted by atomic mass is 16.5. The molecule has 1 saturated carbocycles. The van der Waals surface area contributed by atoms with Crippen molar-refractivity contribution in [1.82, 2.24) is 0 Å². The molecule has 5 heteroatoms. The number of carboxylic acid groups (broad SMARTS) is 1. The van der Waals surface area contributed by atoms with Crippen LogP contribution in [-0.4, -0.2) is 34.9 Å². The van der Waals surface area contributed by atoms with E-state index in [0.717, 1.165) is 13.5 Å². The molecule has 0 saturated heterocycles. The van der Waals surface area contributed by atoms with Crippen LogP contribution in [0.15, 0.2) is 0 Å². The molecule has 1 aliphatic rings. The number of hydrogen-bond donors (Lipinski definition) is 2. The van der Waals surface area contributed by atoms with Crippen LogP contribution in [0, 0.1) is 5.92 Å². The third kappa shape index (κ3) is 1.72. The first-order valence-corrected chi connectivity index (χ1v) is 4.56. The van der Waals surface area contributed by atoms with E-state index in [0.29, 0.717) is 12.8 Å². The topological polar surface area (TPSA) is 83.8 Å². The summed E-state index contributed by atoms with van der Waals surface area (Å²) in [6, 6.07) is 0. The second-order valence-corrected chi connectivity index (χ2v) is 3.55. The van der Waals surface area contributed by atoms with E-state index in [1.807, 2.05) is 0 Å². The molecule has 1 fully saturated rings. The summed E-state index contributed by atoms with van der Waals surface area (Å²) in [4.78, 5) is 22.1. The van der Waals surface area contributed by atoms with Crippen molar-refractivity contribution in [2.24, 2.45) is 5.92 Å². The zero-order valence-corrected chi connectivity index (χ0v) is 8.02. The molecule has 0 unspecified atom stereocenters. The number of methoxy groups -OCH3 is 1. The Kier molecular flexibility index (Phi) is 3.10. The number of hydrogen-bond acceptors (Lipinski definition) is 4. The van der Waals surface area contributed by atoms with E-state index >= 15 is 0 Å². The first kappa shape index (κ1) is 11.0.